The van der Waals surface area contributed by atoms with Crippen molar-refractivity contribution in [1.82, 2.24) is 30.0 Å². The molecule has 0 radical (unpaired) electrons. The Morgan fingerprint density at radius 3 is 2.52 bits per heavy atom. The third-order valence-electron chi connectivity index (χ3n) is 5.23. The van der Waals surface area contributed by atoms with E-state index in [1.807, 2.05) is 49.1 Å². The molecule has 1 aliphatic heterocycles. The molecule has 2 amide bonds. The van der Waals surface area contributed by atoms with Gasteiger partial charge in [0.25, 0.3) is 0 Å². The number of nitrogens with zero attached hydrogens (tertiary/aromatic N) is 6. The van der Waals surface area contributed by atoms with Crippen LogP contribution >= 0.6 is 0 Å². The predicted molar refractivity (Wildman–Crippen MR) is 120 cm³/mol. The van der Waals surface area contributed by atoms with Crippen molar-refractivity contribution in [3.05, 3.63) is 47.7 Å². The zero-order chi connectivity index (χ0) is 22.0. The van der Waals surface area contributed by atoms with Gasteiger partial charge in [-0.3, -0.25) is 5.10 Å². The van der Waals surface area contributed by atoms with E-state index in [1.54, 1.807) is 0 Å². The lowest BCUT2D eigenvalue weighted by Gasteiger charge is -2.35. The number of amides is 2. The van der Waals surface area contributed by atoms with Crippen LogP contribution in [-0.4, -0.2) is 62.3 Å². The molecule has 162 valence electrons. The quantitative estimate of drug-likeness (QED) is 0.671. The number of piperazine rings is 1. The molecule has 2 N–H and O–H groups in total. The van der Waals surface area contributed by atoms with Crippen LogP contribution in [0.5, 0.6) is 0 Å². The number of carbonyl (C=O) groups excluding carboxylic acids is 1. The van der Waals surface area contributed by atoms with Crippen molar-refractivity contribution in [3.8, 4) is 11.4 Å². The van der Waals surface area contributed by atoms with Gasteiger partial charge >= 0.3 is 6.03 Å². The number of benzene rings is 1. The number of H-pyrrole nitrogens is 1. The first-order chi connectivity index (χ1) is 14.9. The Morgan fingerprint density at radius 1 is 1.06 bits per heavy atom. The summed E-state index contributed by atoms with van der Waals surface area (Å²) in [6.07, 6.45) is 0. The van der Waals surface area contributed by atoms with E-state index < -0.39 is 0 Å². The van der Waals surface area contributed by atoms with Crippen LogP contribution in [0.2, 0.25) is 0 Å². The Balaban J connectivity index is 1.38. The summed E-state index contributed by atoms with van der Waals surface area (Å²) in [5.41, 5.74) is 2.54. The third-order valence-corrected chi connectivity index (χ3v) is 5.23. The molecule has 1 aromatic carbocycles. The minimum Gasteiger partial charge on any atom is -0.353 e. The minimum atomic E-state index is -0.107. The number of hydrogen-bond donors (Lipinski definition) is 2. The van der Waals surface area contributed by atoms with Crippen LogP contribution in [0.3, 0.4) is 0 Å². The van der Waals surface area contributed by atoms with Gasteiger partial charge in [0.1, 0.15) is 17.5 Å². The zero-order valence-electron chi connectivity index (χ0n) is 18.4. The van der Waals surface area contributed by atoms with Gasteiger partial charge in [-0.2, -0.15) is 5.10 Å². The molecular formula is C22H28N8O. The van der Waals surface area contributed by atoms with Gasteiger partial charge in [0.05, 0.1) is 0 Å². The van der Waals surface area contributed by atoms with Crippen molar-refractivity contribution < 1.29 is 4.79 Å². The summed E-state index contributed by atoms with van der Waals surface area (Å²) >= 11 is 0. The number of anilines is 2. The molecule has 1 saturated heterocycles. The highest BCUT2D eigenvalue weighted by Gasteiger charge is 2.23. The monoisotopic (exact) mass is 420 g/mol. The van der Waals surface area contributed by atoms with Crippen LogP contribution in [0.4, 0.5) is 16.3 Å². The summed E-state index contributed by atoms with van der Waals surface area (Å²) in [6, 6.07) is 9.47. The van der Waals surface area contributed by atoms with Gasteiger partial charge in [-0.05, 0) is 26.0 Å². The first-order valence-electron chi connectivity index (χ1n) is 10.5. The molecule has 0 bridgehead atoms. The van der Waals surface area contributed by atoms with E-state index in [0.29, 0.717) is 18.9 Å². The molecule has 2 aromatic heterocycles. The Bertz CT molecular complexity index is 1070. The van der Waals surface area contributed by atoms with E-state index in [1.165, 1.54) is 0 Å². The van der Waals surface area contributed by atoms with Gasteiger partial charge in [-0.15, -0.1) is 0 Å². The number of aromatic amines is 1. The molecule has 3 heterocycles. The lowest BCUT2D eigenvalue weighted by atomic mass is 10.2. The standard InChI is InChI=1S/C22H28N8O/c1-14(2)20-23-15(3)12-19(26-20)29-8-10-30(11-9-29)22(31)25-18-7-5-6-17(13-18)21-24-16(4)27-28-21/h5-7,12-14H,8-11H2,1-4H3,(H,25,31)(H,24,27,28). The summed E-state index contributed by atoms with van der Waals surface area (Å²) in [6.45, 7) is 10.8. The molecule has 0 spiro atoms. The molecule has 0 unspecified atom stereocenters. The fourth-order valence-corrected chi connectivity index (χ4v) is 3.54. The highest BCUT2D eigenvalue weighted by Crippen LogP contribution is 2.21. The maximum absolute atomic E-state index is 12.8. The van der Waals surface area contributed by atoms with Gasteiger partial charge < -0.3 is 15.1 Å². The number of urea groups is 1. The molecular weight excluding hydrogens is 392 g/mol. The van der Waals surface area contributed by atoms with E-state index >= 15 is 0 Å². The smallest absolute Gasteiger partial charge is 0.321 e. The van der Waals surface area contributed by atoms with Gasteiger partial charge in [0.2, 0.25) is 0 Å². The largest absolute Gasteiger partial charge is 0.353 e. The van der Waals surface area contributed by atoms with Crippen molar-refractivity contribution in [2.75, 3.05) is 36.4 Å². The molecule has 1 aliphatic rings. The third kappa shape index (κ3) is 4.82. The maximum Gasteiger partial charge on any atom is 0.321 e. The molecule has 0 atom stereocenters. The summed E-state index contributed by atoms with van der Waals surface area (Å²) < 4.78 is 0. The summed E-state index contributed by atoms with van der Waals surface area (Å²) in [5, 5.41) is 10.0. The molecule has 31 heavy (non-hydrogen) atoms. The van der Waals surface area contributed by atoms with Crippen LogP contribution in [0.15, 0.2) is 30.3 Å². The number of aryl methyl sites for hydroxylation is 2. The topological polar surface area (TPSA) is 103 Å². The first kappa shape index (κ1) is 20.8. The minimum absolute atomic E-state index is 0.107. The van der Waals surface area contributed by atoms with Crippen LogP contribution in [0.1, 0.15) is 37.1 Å². The first-order valence-corrected chi connectivity index (χ1v) is 10.5. The van der Waals surface area contributed by atoms with Crippen LogP contribution in [0.25, 0.3) is 11.4 Å². The highest BCUT2D eigenvalue weighted by molar-refractivity contribution is 5.90. The van der Waals surface area contributed by atoms with E-state index in [0.717, 1.165) is 47.5 Å². The maximum atomic E-state index is 12.8. The summed E-state index contributed by atoms with van der Waals surface area (Å²) in [5.74, 6) is 3.44. The molecule has 4 rings (SSSR count). The Labute approximate surface area is 181 Å². The molecule has 9 nitrogen and oxygen atoms in total. The van der Waals surface area contributed by atoms with Gasteiger partial charge in [0.15, 0.2) is 5.82 Å². The molecule has 0 saturated carbocycles. The van der Waals surface area contributed by atoms with Gasteiger partial charge in [-0.25, -0.2) is 19.7 Å². The fraction of sp³-hybridized carbons (Fsp3) is 0.409. The van der Waals surface area contributed by atoms with Crippen molar-refractivity contribution in [3.63, 3.8) is 0 Å². The van der Waals surface area contributed by atoms with E-state index in [4.69, 9.17) is 4.98 Å². The zero-order valence-corrected chi connectivity index (χ0v) is 18.4. The van der Waals surface area contributed by atoms with E-state index in [2.05, 4.69) is 44.2 Å². The van der Waals surface area contributed by atoms with Crippen LogP contribution in [0, 0.1) is 13.8 Å². The molecule has 3 aromatic rings. The van der Waals surface area contributed by atoms with Crippen molar-refractivity contribution in [2.24, 2.45) is 0 Å². The summed E-state index contributed by atoms with van der Waals surface area (Å²) in [4.78, 5) is 30.4. The second-order valence-corrected chi connectivity index (χ2v) is 8.11. The lowest BCUT2D eigenvalue weighted by Crippen LogP contribution is -2.50. The number of aromatic nitrogens is 5. The Kier molecular flexibility index (Phi) is 5.83. The Hall–Kier alpha value is -3.49. The second-order valence-electron chi connectivity index (χ2n) is 8.11. The molecule has 1 fully saturated rings. The second kappa shape index (κ2) is 8.71. The van der Waals surface area contributed by atoms with Crippen LogP contribution in [-0.2, 0) is 0 Å². The van der Waals surface area contributed by atoms with Crippen molar-refractivity contribution in [2.45, 2.75) is 33.6 Å². The Morgan fingerprint density at radius 2 is 1.84 bits per heavy atom. The van der Waals surface area contributed by atoms with Gasteiger partial charge in [-0.1, -0.05) is 26.0 Å². The highest BCUT2D eigenvalue weighted by atomic mass is 16.2. The van der Waals surface area contributed by atoms with Gasteiger partial charge in [0, 0.05) is 55.1 Å². The number of hydrogen-bond acceptors (Lipinski definition) is 6. The fourth-order valence-electron chi connectivity index (χ4n) is 3.54. The van der Waals surface area contributed by atoms with Crippen molar-refractivity contribution >= 4 is 17.5 Å². The SMILES string of the molecule is Cc1cc(N2CCN(C(=O)Nc3cccc(-c4n[nH]c(C)n4)c3)CC2)nc(C(C)C)n1. The lowest BCUT2D eigenvalue weighted by molar-refractivity contribution is 0.208. The summed E-state index contributed by atoms with van der Waals surface area (Å²) in [7, 11) is 0. The predicted octanol–water partition coefficient (Wildman–Crippen LogP) is 3.36. The van der Waals surface area contributed by atoms with E-state index in [-0.39, 0.29) is 11.9 Å². The average Bonchev–Trinajstić information content (AvgIpc) is 3.20. The number of nitrogens with one attached hydrogen (secondary N) is 2. The normalized spacial score (nSPS) is 14.2. The number of carbonyl (C=O) groups is 1. The van der Waals surface area contributed by atoms with E-state index in [9.17, 15) is 4.79 Å². The average molecular weight is 421 g/mol. The number of rotatable bonds is 4. The van der Waals surface area contributed by atoms with Crippen LogP contribution < -0.4 is 10.2 Å². The molecule has 0 aliphatic carbocycles. The molecule has 9 heteroatoms. The van der Waals surface area contributed by atoms with Crippen molar-refractivity contribution in [1.29, 1.82) is 0 Å².